The number of benzene rings is 1. The second kappa shape index (κ2) is 9.55. The first kappa shape index (κ1) is 19.4. The Labute approximate surface area is 162 Å². The molecule has 3 rings (SSSR count). The van der Waals surface area contributed by atoms with Crippen molar-refractivity contribution in [3.05, 3.63) is 48.3 Å². The molecule has 1 aliphatic heterocycles. The first-order valence-corrected chi connectivity index (χ1v) is 9.98. The number of aromatic nitrogens is 2. The van der Waals surface area contributed by atoms with Crippen molar-refractivity contribution in [1.29, 1.82) is 0 Å². The molecule has 1 fully saturated rings. The highest BCUT2D eigenvalue weighted by atomic mass is 16.2. The van der Waals surface area contributed by atoms with Gasteiger partial charge in [0.2, 0.25) is 0 Å². The predicted octanol–water partition coefficient (Wildman–Crippen LogP) is 3.72. The Balaban J connectivity index is 1.67. The van der Waals surface area contributed by atoms with E-state index in [2.05, 4.69) is 34.4 Å². The number of piperidine rings is 1. The number of carbonyl (C=O) groups is 1. The van der Waals surface area contributed by atoms with Gasteiger partial charge in [-0.15, -0.1) is 0 Å². The van der Waals surface area contributed by atoms with Crippen molar-refractivity contribution in [2.75, 3.05) is 25.0 Å². The van der Waals surface area contributed by atoms with E-state index in [1.165, 1.54) is 19.4 Å². The fourth-order valence-electron chi connectivity index (χ4n) is 3.66. The molecule has 1 saturated heterocycles. The monoisotopic (exact) mass is 369 g/mol. The molecule has 27 heavy (non-hydrogen) atoms. The number of urea groups is 1. The number of likely N-dealkylation sites (tertiary alicyclic amines) is 1. The zero-order valence-electron chi connectivity index (χ0n) is 16.5. The molecular formula is C21H31N5O. The number of carbonyl (C=O) groups excluding carboxylic acids is 1. The maximum atomic E-state index is 13.0. The van der Waals surface area contributed by atoms with Gasteiger partial charge in [-0.25, -0.2) is 4.79 Å². The van der Waals surface area contributed by atoms with Crippen molar-refractivity contribution in [3.63, 3.8) is 0 Å². The van der Waals surface area contributed by atoms with Gasteiger partial charge in [0.25, 0.3) is 0 Å². The molecule has 0 spiro atoms. The van der Waals surface area contributed by atoms with Crippen molar-refractivity contribution in [2.24, 2.45) is 7.05 Å². The third-order valence-corrected chi connectivity index (χ3v) is 5.24. The van der Waals surface area contributed by atoms with Crippen LogP contribution in [0.5, 0.6) is 0 Å². The quantitative estimate of drug-likeness (QED) is 0.809. The lowest BCUT2D eigenvalue weighted by molar-refractivity contribution is 0.122. The second-order valence-electron chi connectivity index (χ2n) is 7.37. The molecule has 1 aromatic carbocycles. The van der Waals surface area contributed by atoms with E-state index in [1.54, 1.807) is 10.9 Å². The Hall–Kier alpha value is -2.34. The number of amides is 2. The summed E-state index contributed by atoms with van der Waals surface area (Å²) in [5, 5.41) is 7.16. The average Bonchev–Trinajstić information content (AvgIpc) is 3.10. The van der Waals surface area contributed by atoms with Gasteiger partial charge in [0, 0.05) is 38.9 Å². The van der Waals surface area contributed by atoms with Crippen LogP contribution in [0.25, 0.3) is 0 Å². The van der Waals surface area contributed by atoms with Gasteiger partial charge in [-0.3, -0.25) is 4.68 Å². The van der Waals surface area contributed by atoms with Crippen molar-refractivity contribution < 1.29 is 4.79 Å². The predicted molar refractivity (Wildman–Crippen MR) is 109 cm³/mol. The van der Waals surface area contributed by atoms with Crippen LogP contribution in [0.1, 0.15) is 38.2 Å². The second-order valence-corrected chi connectivity index (χ2v) is 7.37. The fraction of sp³-hybridized carbons (Fsp3) is 0.524. The van der Waals surface area contributed by atoms with Crippen LogP contribution in [0.4, 0.5) is 10.5 Å². The van der Waals surface area contributed by atoms with Gasteiger partial charge >= 0.3 is 6.03 Å². The van der Waals surface area contributed by atoms with E-state index in [1.807, 2.05) is 36.3 Å². The minimum atomic E-state index is -0.0427. The third-order valence-electron chi connectivity index (χ3n) is 5.24. The van der Waals surface area contributed by atoms with E-state index in [-0.39, 0.29) is 12.1 Å². The van der Waals surface area contributed by atoms with Crippen LogP contribution in [0.2, 0.25) is 0 Å². The molecule has 6 heteroatoms. The summed E-state index contributed by atoms with van der Waals surface area (Å²) in [6.07, 6.45) is 8.04. The van der Waals surface area contributed by atoms with Crippen LogP contribution in [0, 0.1) is 0 Å². The maximum absolute atomic E-state index is 13.0. The minimum Gasteiger partial charge on any atom is -0.317 e. The van der Waals surface area contributed by atoms with Crippen LogP contribution in [0.3, 0.4) is 0 Å². The van der Waals surface area contributed by atoms with Crippen LogP contribution in [0.15, 0.2) is 42.7 Å². The number of hydrogen-bond donors (Lipinski definition) is 1. The van der Waals surface area contributed by atoms with E-state index in [0.29, 0.717) is 6.54 Å². The number of nitrogens with zero attached hydrogens (tertiary/aromatic N) is 4. The first-order valence-electron chi connectivity index (χ1n) is 9.98. The molecule has 1 N–H and O–H groups in total. The highest BCUT2D eigenvalue weighted by molar-refractivity contribution is 5.89. The Morgan fingerprint density at radius 1 is 1.26 bits per heavy atom. The van der Waals surface area contributed by atoms with E-state index < -0.39 is 0 Å². The van der Waals surface area contributed by atoms with E-state index >= 15 is 0 Å². The summed E-state index contributed by atoms with van der Waals surface area (Å²) in [6, 6.07) is 10.5. The normalized spacial score (nSPS) is 15.6. The maximum Gasteiger partial charge on any atom is 0.322 e. The lowest BCUT2D eigenvalue weighted by Gasteiger charge is -2.38. The van der Waals surface area contributed by atoms with Gasteiger partial charge in [0.15, 0.2) is 0 Å². The molecule has 146 valence electrons. The molecule has 0 atom stereocenters. The van der Waals surface area contributed by atoms with Crippen molar-refractivity contribution in [1.82, 2.24) is 19.6 Å². The van der Waals surface area contributed by atoms with Crippen LogP contribution in [-0.2, 0) is 13.6 Å². The minimum absolute atomic E-state index is 0.0427. The van der Waals surface area contributed by atoms with E-state index in [9.17, 15) is 4.79 Å². The van der Waals surface area contributed by atoms with Crippen LogP contribution >= 0.6 is 0 Å². The Morgan fingerprint density at radius 3 is 2.63 bits per heavy atom. The molecule has 2 heterocycles. The van der Waals surface area contributed by atoms with Gasteiger partial charge < -0.3 is 15.1 Å². The van der Waals surface area contributed by atoms with Gasteiger partial charge in [-0.1, -0.05) is 43.7 Å². The van der Waals surface area contributed by atoms with Gasteiger partial charge in [0.1, 0.15) is 0 Å². The summed E-state index contributed by atoms with van der Waals surface area (Å²) >= 11 is 0. The first-order chi connectivity index (χ1) is 13.2. The van der Waals surface area contributed by atoms with Gasteiger partial charge in [-0.2, -0.15) is 5.10 Å². The van der Waals surface area contributed by atoms with Crippen molar-refractivity contribution in [3.8, 4) is 0 Å². The largest absolute Gasteiger partial charge is 0.322 e. The van der Waals surface area contributed by atoms with Gasteiger partial charge in [0.05, 0.1) is 11.9 Å². The molecule has 0 saturated carbocycles. The molecule has 1 aliphatic rings. The molecule has 0 radical (unpaired) electrons. The lowest BCUT2D eigenvalue weighted by atomic mass is 10.0. The number of nitrogens with one attached hydrogen (secondary N) is 1. The highest BCUT2D eigenvalue weighted by Crippen LogP contribution is 2.21. The van der Waals surface area contributed by atoms with E-state index in [0.717, 1.165) is 37.2 Å². The van der Waals surface area contributed by atoms with Crippen LogP contribution < -0.4 is 5.32 Å². The molecule has 1 aromatic heterocycles. The Morgan fingerprint density at radius 2 is 2.00 bits per heavy atom. The summed E-state index contributed by atoms with van der Waals surface area (Å²) < 4.78 is 1.70. The zero-order chi connectivity index (χ0) is 19.1. The molecule has 6 nitrogen and oxygen atoms in total. The highest BCUT2D eigenvalue weighted by Gasteiger charge is 2.28. The SMILES string of the molecule is CCCCN1CCC(N(Cc2ccccc2)C(=O)Nc2cnn(C)c2)CC1. The number of anilines is 1. The Bertz CT molecular complexity index is 706. The number of unbranched alkanes of at least 4 members (excludes halogenated alkanes) is 1. The molecule has 2 aromatic rings. The summed E-state index contributed by atoms with van der Waals surface area (Å²) in [5.41, 5.74) is 1.90. The lowest BCUT2D eigenvalue weighted by Crippen LogP contribution is -2.48. The average molecular weight is 370 g/mol. The number of rotatable bonds is 7. The fourth-order valence-corrected chi connectivity index (χ4v) is 3.66. The molecule has 2 amide bonds. The molecule has 0 bridgehead atoms. The van der Waals surface area contributed by atoms with E-state index in [4.69, 9.17) is 0 Å². The molecule has 0 aliphatic carbocycles. The summed E-state index contributed by atoms with van der Waals surface area (Å²) in [4.78, 5) is 17.6. The summed E-state index contributed by atoms with van der Waals surface area (Å²) in [5.74, 6) is 0. The molecular weight excluding hydrogens is 338 g/mol. The smallest absolute Gasteiger partial charge is 0.317 e. The summed E-state index contributed by atoms with van der Waals surface area (Å²) in [6.45, 7) is 6.17. The van der Waals surface area contributed by atoms with Crippen molar-refractivity contribution >= 4 is 11.7 Å². The molecule has 0 unspecified atom stereocenters. The number of hydrogen-bond acceptors (Lipinski definition) is 3. The van der Waals surface area contributed by atoms with Crippen LogP contribution in [-0.4, -0.2) is 51.3 Å². The van der Waals surface area contributed by atoms with Crippen molar-refractivity contribution in [2.45, 2.75) is 45.2 Å². The third kappa shape index (κ3) is 5.57. The number of aryl methyl sites for hydroxylation is 1. The summed E-state index contributed by atoms with van der Waals surface area (Å²) in [7, 11) is 1.85. The zero-order valence-corrected chi connectivity index (χ0v) is 16.5. The Kier molecular flexibility index (Phi) is 6.87. The topological polar surface area (TPSA) is 53.4 Å². The standard InChI is InChI=1S/C21H31N5O/c1-3-4-12-25-13-10-20(11-14-25)26(16-18-8-6-5-7-9-18)21(27)23-19-15-22-24(2)17-19/h5-9,15,17,20H,3-4,10-14,16H2,1-2H3,(H,23,27). The van der Waals surface area contributed by atoms with Gasteiger partial charge in [-0.05, 0) is 31.4 Å².